The van der Waals surface area contributed by atoms with E-state index in [0.29, 0.717) is 0 Å². The fourth-order valence-electron chi connectivity index (χ4n) is 0.302. The van der Waals surface area contributed by atoms with Crippen LogP contribution in [0.2, 0.25) is 0 Å². The Bertz CT molecular complexity index is 353. The summed E-state index contributed by atoms with van der Waals surface area (Å²) in [6.07, 6.45) is 0. The molecule has 0 aliphatic rings. The summed E-state index contributed by atoms with van der Waals surface area (Å²) in [7, 11) is -10.8. The van der Waals surface area contributed by atoms with Gasteiger partial charge < -0.3 is 19.3 Å². The van der Waals surface area contributed by atoms with E-state index in [2.05, 4.69) is 0 Å². The minimum atomic E-state index is -5.65. The zero-order chi connectivity index (χ0) is 10.2. The van der Waals surface area contributed by atoms with E-state index in [9.17, 15) is 25.9 Å². The predicted octanol–water partition coefficient (Wildman–Crippen LogP) is -9.28. The molecule has 2 N–H and O–H groups in total. The smallest absolute Gasteiger partial charge is 0.748 e. The summed E-state index contributed by atoms with van der Waals surface area (Å²) in [5.41, 5.74) is 0. The quantitative estimate of drug-likeness (QED) is 0.290. The van der Waals surface area contributed by atoms with Crippen molar-refractivity contribution in [2.45, 2.75) is 5.12 Å². The summed E-state index contributed by atoms with van der Waals surface area (Å²) >= 11 is 0. The molecule has 0 aliphatic carbocycles. The molecule has 0 aromatic carbocycles. The molecule has 0 bridgehead atoms. The Morgan fingerprint density at radius 2 is 1.29 bits per heavy atom. The minimum Gasteiger partial charge on any atom is -0.748 e. The van der Waals surface area contributed by atoms with Crippen LogP contribution in [-0.4, -0.2) is 47.0 Å². The Kier molecular flexibility index (Phi) is 9.74. The van der Waals surface area contributed by atoms with E-state index in [1.165, 1.54) is 0 Å². The van der Waals surface area contributed by atoms with Crippen molar-refractivity contribution in [3.05, 3.63) is 0 Å². The Labute approximate surface area is 125 Å². The Balaban J connectivity index is -0.000000605. The number of aliphatic hydroxyl groups is 2. The predicted molar refractivity (Wildman–Crippen MR) is 31.4 cm³/mol. The maximum atomic E-state index is 9.87. The molecule has 0 aromatic rings. The van der Waals surface area contributed by atoms with Crippen LogP contribution in [0.3, 0.4) is 0 Å². The van der Waals surface area contributed by atoms with Crippen LogP contribution in [0, 0.1) is 0 Å². The third-order valence-corrected chi connectivity index (χ3v) is 2.65. The molecule has 14 heavy (non-hydrogen) atoms. The topological polar surface area (TPSA) is 155 Å². The van der Waals surface area contributed by atoms with Crippen LogP contribution >= 0.6 is 0 Å². The van der Waals surface area contributed by atoms with Crippen LogP contribution in [0.1, 0.15) is 0 Å². The van der Waals surface area contributed by atoms with Gasteiger partial charge in [-0.15, -0.1) is 0 Å². The maximum Gasteiger partial charge on any atom is 1.00 e. The molecule has 0 amide bonds. The van der Waals surface area contributed by atoms with Crippen molar-refractivity contribution in [2.24, 2.45) is 0 Å². The first kappa shape index (κ1) is 21.1. The van der Waals surface area contributed by atoms with Crippen LogP contribution in [0.5, 0.6) is 0 Å². The SMILES string of the molecule is O=S(=O)([O-])CC(O)(O)S(=O)(=O)[O-].[Na+].[Na+]. The van der Waals surface area contributed by atoms with Gasteiger partial charge in [-0.1, -0.05) is 0 Å². The third-order valence-electron chi connectivity index (χ3n) is 0.765. The van der Waals surface area contributed by atoms with Gasteiger partial charge in [0.15, 0.2) is 10.1 Å². The van der Waals surface area contributed by atoms with Crippen molar-refractivity contribution >= 4 is 20.2 Å². The Morgan fingerprint density at radius 1 is 1.00 bits per heavy atom. The molecule has 0 radical (unpaired) electrons. The minimum absolute atomic E-state index is 0. The van der Waals surface area contributed by atoms with Crippen molar-refractivity contribution in [2.75, 3.05) is 5.75 Å². The van der Waals surface area contributed by atoms with Crippen LogP contribution < -0.4 is 59.1 Å². The van der Waals surface area contributed by atoms with E-state index in [-0.39, 0.29) is 59.1 Å². The van der Waals surface area contributed by atoms with E-state index >= 15 is 0 Å². The first-order valence-electron chi connectivity index (χ1n) is 2.29. The van der Waals surface area contributed by atoms with Gasteiger partial charge in [-0.3, -0.25) is 0 Å². The van der Waals surface area contributed by atoms with Crippen LogP contribution in [0.25, 0.3) is 0 Å². The molecule has 0 unspecified atom stereocenters. The molecule has 0 rings (SSSR count). The fourth-order valence-corrected chi connectivity index (χ4v) is 1.77. The first-order chi connectivity index (χ1) is 4.96. The summed E-state index contributed by atoms with van der Waals surface area (Å²) in [6, 6.07) is 0. The average molecular weight is 266 g/mol. The number of rotatable bonds is 3. The average Bonchev–Trinajstić information content (AvgIpc) is 1.52. The zero-order valence-corrected chi connectivity index (χ0v) is 13.0. The summed E-state index contributed by atoms with van der Waals surface area (Å²) < 4.78 is 59.1. The summed E-state index contributed by atoms with van der Waals surface area (Å²) in [5.74, 6) is -2.09. The standard InChI is InChI=1S/C2H6O8S2.2Na/c3-2(4,12(8,9)10)1-11(5,6)7;;/h3-4H,1H2,(H,5,6,7)(H,8,9,10);;/q;2*+1/p-2. The van der Waals surface area contributed by atoms with Gasteiger partial charge in [-0.25, -0.2) is 16.8 Å². The van der Waals surface area contributed by atoms with E-state index in [1.54, 1.807) is 0 Å². The van der Waals surface area contributed by atoms with E-state index in [1.807, 2.05) is 0 Å². The van der Waals surface area contributed by atoms with Crippen molar-refractivity contribution in [1.29, 1.82) is 0 Å². The van der Waals surface area contributed by atoms with Crippen molar-refractivity contribution in [1.82, 2.24) is 0 Å². The maximum absolute atomic E-state index is 9.87. The molecule has 0 atom stereocenters. The van der Waals surface area contributed by atoms with E-state index < -0.39 is 31.1 Å². The van der Waals surface area contributed by atoms with E-state index in [0.717, 1.165) is 0 Å². The molecule has 74 valence electrons. The normalized spacial score (nSPS) is 12.6. The summed E-state index contributed by atoms with van der Waals surface area (Å²) in [6.45, 7) is 0. The molecular weight excluding hydrogens is 262 g/mol. The fraction of sp³-hybridized carbons (Fsp3) is 1.00. The van der Waals surface area contributed by atoms with Crippen LogP contribution in [0.4, 0.5) is 0 Å². The summed E-state index contributed by atoms with van der Waals surface area (Å²) in [5, 5.41) is 12.5. The molecule has 0 aliphatic heterocycles. The van der Waals surface area contributed by atoms with Crippen molar-refractivity contribution < 1.29 is 95.3 Å². The van der Waals surface area contributed by atoms with Gasteiger partial charge in [0.2, 0.25) is 0 Å². The summed E-state index contributed by atoms with van der Waals surface area (Å²) in [4.78, 5) is 0. The molecule has 0 saturated carbocycles. The van der Waals surface area contributed by atoms with Gasteiger partial charge in [0, 0.05) is 0 Å². The molecule has 12 heteroatoms. The van der Waals surface area contributed by atoms with Gasteiger partial charge in [-0.2, -0.15) is 0 Å². The van der Waals surface area contributed by atoms with Gasteiger partial charge in [0.05, 0.1) is 0 Å². The van der Waals surface area contributed by atoms with Gasteiger partial charge in [0.1, 0.15) is 15.9 Å². The Morgan fingerprint density at radius 3 is 1.36 bits per heavy atom. The number of hydrogen-bond donors (Lipinski definition) is 2. The second-order valence-corrected chi connectivity index (χ2v) is 4.87. The van der Waals surface area contributed by atoms with E-state index in [4.69, 9.17) is 10.2 Å². The molecule has 0 aromatic heterocycles. The van der Waals surface area contributed by atoms with Gasteiger partial charge in [-0.05, 0) is 0 Å². The number of hydrogen-bond acceptors (Lipinski definition) is 8. The molecule has 0 saturated heterocycles. The second kappa shape index (κ2) is 6.47. The third kappa shape index (κ3) is 7.96. The molecule has 8 nitrogen and oxygen atoms in total. The monoisotopic (exact) mass is 266 g/mol. The molecule has 0 heterocycles. The largest absolute Gasteiger partial charge is 1.00 e. The molecule has 0 fully saturated rings. The Hall–Kier alpha value is 1.74. The van der Waals surface area contributed by atoms with Crippen molar-refractivity contribution in [3.8, 4) is 0 Å². The van der Waals surface area contributed by atoms with Crippen LogP contribution in [0.15, 0.2) is 0 Å². The van der Waals surface area contributed by atoms with Crippen molar-refractivity contribution in [3.63, 3.8) is 0 Å². The van der Waals surface area contributed by atoms with Crippen LogP contribution in [-0.2, 0) is 20.2 Å². The van der Waals surface area contributed by atoms with Gasteiger partial charge in [0.25, 0.3) is 5.12 Å². The zero-order valence-electron chi connectivity index (χ0n) is 7.37. The van der Waals surface area contributed by atoms with Gasteiger partial charge >= 0.3 is 59.1 Å². The molecular formula is C2H4Na2O8S2. The first-order valence-corrected chi connectivity index (χ1v) is 5.28. The molecule has 0 spiro atoms. The second-order valence-electron chi connectivity index (χ2n) is 1.90.